The minimum Gasteiger partial charge on any atom is -0.248 e. The van der Waals surface area contributed by atoms with Crippen molar-refractivity contribution in [1.82, 2.24) is 15.0 Å². The molecule has 0 fully saturated rings. The summed E-state index contributed by atoms with van der Waals surface area (Å²) in [5.74, 6) is -1.30. The molecule has 9 heteroatoms. The Morgan fingerprint density at radius 3 is 2.53 bits per heavy atom. The van der Waals surface area contributed by atoms with Gasteiger partial charge in [-0.15, -0.1) is 0 Å². The van der Waals surface area contributed by atoms with E-state index in [1.165, 1.54) is 12.3 Å². The van der Waals surface area contributed by atoms with Crippen LogP contribution in [-0.4, -0.2) is 15.0 Å². The lowest BCUT2D eigenvalue weighted by Crippen LogP contribution is -2.11. The molecule has 100 valence electrons. The second kappa shape index (κ2) is 5.52. The molecule has 0 saturated heterocycles. The highest BCUT2D eigenvalue weighted by Gasteiger charge is 2.35. The minimum atomic E-state index is -4.66. The second-order valence-corrected chi connectivity index (χ2v) is 5.05. The van der Waals surface area contributed by atoms with Crippen LogP contribution in [0.25, 0.3) is 0 Å². The van der Waals surface area contributed by atoms with Crippen molar-refractivity contribution in [2.75, 3.05) is 0 Å². The van der Waals surface area contributed by atoms with Crippen LogP contribution in [0.5, 0.6) is 0 Å². The molecule has 3 nitrogen and oxygen atoms in total. The molecular formula is C10H4Cl2F3N3S. The summed E-state index contributed by atoms with van der Waals surface area (Å²) in [5, 5.41) is 0.382. The summed E-state index contributed by atoms with van der Waals surface area (Å²) in [7, 11) is 0. The lowest BCUT2D eigenvalue weighted by molar-refractivity contribution is -0.145. The molecule has 0 aliphatic rings. The van der Waals surface area contributed by atoms with Crippen molar-refractivity contribution in [2.45, 2.75) is 16.2 Å². The quantitative estimate of drug-likeness (QED) is 0.769. The predicted molar refractivity (Wildman–Crippen MR) is 65.4 cm³/mol. The lowest BCUT2D eigenvalue weighted by atomic mass is 10.5. The van der Waals surface area contributed by atoms with Gasteiger partial charge in [0.05, 0.1) is 5.02 Å². The maximum absolute atomic E-state index is 12.5. The fourth-order valence-corrected chi connectivity index (χ4v) is 2.39. The number of halogens is 5. The molecule has 2 aromatic heterocycles. The Labute approximate surface area is 120 Å². The van der Waals surface area contributed by atoms with E-state index in [0.29, 0.717) is 10.0 Å². The molecule has 0 unspecified atom stereocenters. The van der Waals surface area contributed by atoms with E-state index in [4.69, 9.17) is 23.2 Å². The molecule has 0 saturated carbocycles. The van der Waals surface area contributed by atoms with Crippen molar-refractivity contribution in [3.8, 4) is 0 Å². The Bertz CT molecular complexity index is 607. The summed E-state index contributed by atoms with van der Waals surface area (Å²) in [6, 6.07) is 4.40. The van der Waals surface area contributed by atoms with Crippen LogP contribution in [0.4, 0.5) is 13.2 Å². The first kappa shape index (κ1) is 14.4. The van der Waals surface area contributed by atoms with Gasteiger partial charge in [0.15, 0.2) is 0 Å². The first-order chi connectivity index (χ1) is 8.86. The van der Waals surface area contributed by atoms with E-state index in [1.54, 1.807) is 12.1 Å². The molecule has 2 rings (SSSR count). The summed E-state index contributed by atoms with van der Waals surface area (Å²) >= 11 is 12.3. The van der Waals surface area contributed by atoms with Gasteiger partial charge in [0.2, 0.25) is 5.82 Å². The first-order valence-corrected chi connectivity index (χ1v) is 6.33. The Balaban J connectivity index is 2.36. The number of pyridine rings is 1. The zero-order valence-electron chi connectivity index (χ0n) is 8.95. The standard InChI is InChI=1S/C10H4Cl2F3N3S/c11-5-2-1-3-16-8(5)19-7-4-6(12)17-9(18-7)10(13,14)15/h1-4H. The zero-order chi connectivity index (χ0) is 14.0. The molecule has 0 aliphatic carbocycles. The Morgan fingerprint density at radius 1 is 1.16 bits per heavy atom. The minimum absolute atomic E-state index is 0.0212. The van der Waals surface area contributed by atoms with E-state index in [2.05, 4.69) is 15.0 Å². The normalized spacial score (nSPS) is 11.6. The molecule has 0 aromatic carbocycles. The van der Waals surface area contributed by atoms with Crippen molar-refractivity contribution >= 4 is 35.0 Å². The third-order valence-electron chi connectivity index (χ3n) is 1.85. The molecule has 0 spiro atoms. The van der Waals surface area contributed by atoms with Crippen molar-refractivity contribution in [1.29, 1.82) is 0 Å². The van der Waals surface area contributed by atoms with Gasteiger partial charge in [-0.2, -0.15) is 13.2 Å². The molecular weight excluding hydrogens is 322 g/mol. The molecule has 19 heavy (non-hydrogen) atoms. The van der Waals surface area contributed by atoms with E-state index >= 15 is 0 Å². The van der Waals surface area contributed by atoms with Gasteiger partial charge in [-0.05, 0) is 23.9 Å². The van der Waals surface area contributed by atoms with E-state index in [0.717, 1.165) is 11.8 Å². The van der Waals surface area contributed by atoms with Gasteiger partial charge in [-0.25, -0.2) is 15.0 Å². The maximum Gasteiger partial charge on any atom is 0.451 e. The van der Waals surface area contributed by atoms with Crippen LogP contribution in [-0.2, 0) is 6.18 Å². The van der Waals surface area contributed by atoms with Crippen molar-refractivity contribution in [2.24, 2.45) is 0 Å². The van der Waals surface area contributed by atoms with Crippen LogP contribution < -0.4 is 0 Å². The molecule has 0 amide bonds. The molecule has 0 N–H and O–H groups in total. The molecule has 0 radical (unpaired) electrons. The highest BCUT2D eigenvalue weighted by Crippen LogP contribution is 2.33. The van der Waals surface area contributed by atoms with Crippen LogP contribution in [0.2, 0.25) is 10.2 Å². The van der Waals surface area contributed by atoms with E-state index < -0.39 is 12.0 Å². The fraction of sp³-hybridized carbons (Fsp3) is 0.100. The summed E-state index contributed by atoms with van der Waals surface area (Å²) in [4.78, 5) is 10.5. The fourth-order valence-electron chi connectivity index (χ4n) is 1.12. The van der Waals surface area contributed by atoms with Crippen LogP contribution in [0.15, 0.2) is 34.4 Å². The molecule has 2 heterocycles. The van der Waals surface area contributed by atoms with Crippen LogP contribution in [0, 0.1) is 0 Å². The second-order valence-electron chi connectivity index (χ2n) is 3.24. The smallest absolute Gasteiger partial charge is 0.248 e. The number of nitrogens with zero attached hydrogens (tertiary/aromatic N) is 3. The van der Waals surface area contributed by atoms with Crippen LogP contribution >= 0.6 is 35.0 Å². The average molecular weight is 326 g/mol. The lowest BCUT2D eigenvalue weighted by Gasteiger charge is -2.07. The number of alkyl halides is 3. The number of hydrogen-bond donors (Lipinski definition) is 0. The first-order valence-electron chi connectivity index (χ1n) is 4.76. The third-order valence-corrected chi connectivity index (χ3v) is 3.40. The molecule has 0 aliphatic heterocycles. The topological polar surface area (TPSA) is 38.7 Å². The SMILES string of the molecule is FC(F)(F)c1nc(Cl)cc(Sc2ncccc2Cl)n1. The number of hydrogen-bond acceptors (Lipinski definition) is 4. The van der Waals surface area contributed by atoms with Gasteiger partial charge < -0.3 is 0 Å². The largest absolute Gasteiger partial charge is 0.451 e. The van der Waals surface area contributed by atoms with E-state index in [-0.39, 0.29) is 10.2 Å². The highest BCUT2D eigenvalue weighted by atomic mass is 35.5. The highest BCUT2D eigenvalue weighted by molar-refractivity contribution is 7.99. The van der Waals surface area contributed by atoms with Crippen molar-refractivity contribution < 1.29 is 13.2 Å². The Morgan fingerprint density at radius 2 is 1.89 bits per heavy atom. The Kier molecular flexibility index (Phi) is 4.17. The van der Waals surface area contributed by atoms with Gasteiger partial charge >= 0.3 is 6.18 Å². The third kappa shape index (κ3) is 3.71. The van der Waals surface area contributed by atoms with Gasteiger partial charge in [0, 0.05) is 12.3 Å². The summed E-state index contributed by atoms with van der Waals surface area (Å²) in [6.07, 6.45) is -3.18. The van der Waals surface area contributed by atoms with Crippen molar-refractivity contribution in [3.63, 3.8) is 0 Å². The zero-order valence-corrected chi connectivity index (χ0v) is 11.3. The van der Waals surface area contributed by atoms with Gasteiger partial charge in [-0.3, -0.25) is 0 Å². The van der Waals surface area contributed by atoms with E-state index in [9.17, 15) is 13.2 Å². The van der Waals surface area contributed by atoms with Gasteiger partial charge in [-0.1, -0.05) is 23.2 Å². The Hall–Kier alpha value is -1.05. The summed E-state index contributed by atoms with van der Waals surface area (Å²) in [5.41, 5.74) is 0. The van der Waals surface area contributed by atoms with E-state index in [1.807, 2.05) is 0 Å². The van der Waals surface area contributed by atoms with Gasteiger partial charge in [0.1, 0.15) is 15.2 Å². The van der Waals surface area contributed by atoms with Crippen LogP contribution in [0.1, 0.15) is 5.82 Å². The predicted octanol–water partition coefficient (Wildman–Crippen LogP) is 4.35. The number of rotatable bonds is 2. The summed E-state index contributed by atoms with van der Waals surface area (Å²) in [6.45, 7) is 0. The van der Waals surface area contributed by atoms with Crippen molar-refractivity contribution in [3.05, 3.63) is 40.4 Å². The monoisotopic (exact) mass is 325 g/mol. The molecule has 0 bridgehead atoms. The molecule has 0 atom stereocenters. The number of aromatic nitrogens is 3. The van der Waals surface area contributed by atoms with Crippen LogP contribution in [0.3, 0.4) is 0 Å². The summed E-state index contributed by atoms with van der Waals surface area (Å²) < 4.78 is 37.6. The molecule has 2 aromatic rings. The maximum atomic E-state index is 12.5. The van der Waals surface area contributed by atoms with Gasteiger partial charge in [0.25, 0.3) is 0 Å². The average Bonchev–Trinajstić information content (AvgIpc) is 2.30.